The van der Waals surface area contributed by atoms with Gasteiger partial charge in [-0.1, -0.05) is 6.92 Å². The van der Waals surface area contributed by atoms with Crippen molar-refractivity contribution in [2.45, 2.75) is 37.5 Å². The van der Waals surface area contributed by atoms with Gasteiger partial charge in [0.25, 0.3) is 0 Å². The molecule has 0 aromatic carbocycles. The van der Waals surface area contributed by atoms with Crippen LogP contribution in [0, 0.1) is 0 Å². The molecule has 2 unspecified atom stereocenters. The monoisotopic (exact) mass is 216 g/mol. The van der Waals surface area contributed by atoms with Crippen LogP contribution in [-0.4, -0.2) is 36.5 Å². The summed E-state index contributed by atoms with van der Waals surface area (Å²) in [6.07, 6.45) is 5.27. The Morgan fingerprint density at radius 3 is 3.07 bits per heavy atom. The van der Waals surface area contributed by atoms with Crippen LogP contribution in [0.2, 0.25) is 0 Å². The third kappa shape index (κ3) is 3.88. The molecule has 0 spiro atoms. The Labute approximate surface area is 90.4 Å². The van der Waals surface area contributed by atoms with Crippen molar-refractivity contribution in [1.82, 2.24) is 10.6 Å². The summed E-state index contributed by atoms with van der Waals surface area (Å²) < 4.78 is 0. The standard InChI is InChI=1S/C10H20N2OS/c1-8(14-2)5-7-12-10(13)9-4-3-6-11-9/h8-9,11H,3-7H2,1-2H3,(H,12,13). The Morgan fingerprint density at radius 2 is 2.50 bits per heavy atom. The lowest BCUT2D eigenvalue weighted by molar-refractivity contribution is -0.122. The minimum absolute atomic E-state index is 0.0691. The van der Waals surface area contributed by atoms with Crippen LogP contribution in [0.5, 0.6) is 0 Å². The average Bonchev–Trinajstić information content (AvgIpc) is 2.70. The Hall–Kier alpha value is -0.220. The molecule has 0 radical (unpaired) electrons. The van der Waals surface area contributed by atoms with Gasteiger partial charge in [-0.25, -0.2) is 0 Å². The van der Waals surface area contributed by atoms with Crippen molar-refractivity contribution >= 4 is 17.7 Å². The smallest absolute Gasteiger partial charge is 0.237 e. The summed E-state index contributed by atoms with van der Waals surface area (Å²) >= 11 is 1.84. The molecule has 1 amide bonds. The van der Waals surface area contributed by atoms with Crippen molar-refractivity contribution in [2.24, 2.45) is 0 Å². The van der Waals surface area contributed by atoms with E-state index < -0.39 is 0 Å². The molecule has 0 aromatic heterocycles. The zero-order valence-corrected chi connectivity index (χ0v) is 9.82. The van der Waals surface area contributed by atoms with Gasteiger partial charge in [0.1, 0.15) is 0 Å². The number of rotatable bonds is 5. The zero-order valence-electron chi connectivity index (χ0n) is 9.01. The quantitative estimate of drug-likeness (QED) is 0.720. The van der Waals surface area contributed by atoms with Gasteiger partial charge in [0, 0.05) is 11.8 Å². The second kappa shape index (κ2) is 6.30. The van der Waals surface area contributed by atoms with Gasteiger partial charge in [-0.2, -0.15) is 11.8 Å². The molecule has 0 aliphatic carbocycles. The van der Waals surface area contributed by atoms with Gasteiger partial charge in [-0.05, 0) is 32.1 Å². The fourth-order valence-corrected chi connectivity index (χ4v) is 1.90. The molecule has 14 heavy (non-hydrogen) atoms. The Balaban J connectivity index is 2.08. The Morgan fingerprint density at radius 1 is 1.71 bits per heavy atom. The van der Waals surface area contributed by atoms with E-state index in [2.05, 4.69) is 23.8 Å². The molecule has 1 aliphatic rings. The van der Waals surface area contributed by atoms with Crippen molar-refractivity contribution in [1.29, 1.82) is 0 Å². The molecule has 2 N–H and O–H groups in total. The van der Waals surface area contributed by atoms with Crippen LogP contribution in [0.1, 0.15) is 26.2 Å². The maximum atomic E-state index is 11.5. The first-order valence-electron chi connectivity index (χ1n) is 5.28. The third-order valence-corrected chi connectivity index (χ3v) is 3.67. The van der Waals surface area contributed by atoms with Crippen LogP contribution in [0.15, 0.2) is 0 Å². The SMILES string of the molecule is CSC(C)CCNC(=O)C1CCCN1. The van der Waals surface area contributed by atoms with Crippen LogP contribution in [-0.2, 0) is 4.79 Å². The highest BCUT2D eigenvalue weighted by atomic mass is 32.2. The maximum Gasteiger partial charge on any atom is 0.237 e. The number of hydrogen-bond acceptors (Lipinski definition) is 3. The molecule has 0 bridgehead atoms. The van der Waals surface area contributed by atoms with Gasteiger partial charge in [0.2, 0.25) is 5.91 Å². The van der Waals surface area contributed by atoms with E-state index >= 15 is 0 Å². The maximum absolute atomic E-state index is 11.5. The van der Waals surface area contributed by atoms with Crippen LogP contribution >= 0.6 is 11.8 Å². The molecule has 1 saturated heterocycles. The summed E-state index contributed by atoms with van der Waals surface area (Å²) in [6.45, 7) is 3.98. The van der Waals surface area contributed by atoms with Crippen molar-refractivity contribution in [3.63, 3.8) is 0 Å². The first kappa shape index (κ1) is 11.9. The predicted molar refractivity (Wildman–Crippen MR) is 61.6 cm³/mol. The number of thioether (sulfide) groups is 1. The molecular weight excluding hydrogens is 196 g/mol. The number of amides is 1. The first-order chi connectivity index (χ1) is 6.74. The van der Waals surface area contributed by atoms with Gasteiger partial charge >= 0.3 is 0 Å². The van der Waals surface area contributed by atoms with Crippen molar-refractivity contribution < 1.29 is 4.79 Å². The lowest BCUT2D eigenvalue weighted by Crippen LogP contribution is -2.41. The zero-order chi connectivity index (χ0) is 10.4. The summed E-state index contributed by atoms with van der Waals surface area (Å²) in [5, 5.41) is 6.80. The number of carbonyl (C=O) groups is 1. The molecule has 1 fully saturated rings. The molecule has 82 valence electrons. The van der Waals surface area contributed by atoms with E-state index in [1.807, 2.05) is 11.8 Å². The number of hydrogen-bond donors (Lipinski definition) is 2. The molecular formula is C10H20N2OS. The van der Waals surface area contributed by atoms with Crippen LogP contribution in [0.25, 0.3) is 0 Å². The van der Waals surface area contributed by atoms with E-state index in [0.717, 1.165) is 32.4 Å². The average molecular weight is 216 g/mol. The predicted octanol–water partition coefficient (Wildman–Crippen LogP) is 0.996. The fourth-order valence-electron chi connectivity index (χ4n) is 1.55. The molecule has 1 aliphatic heterocycles. The van der Waals surface area contributed by atoms with Crippen molar-refractivity contribution in [3.8, 4) is 0 Å². The highest BCUT2D eigenvalue weighted by molar-refractivity contribution is 7.99. The van der Waals surface area contributed by atoms with E-state index in [4.69, 9.17) is 0 Å². The fraction of sp³-hybridized carbons (Fsp3) is 0.900. The van der Waals surface area contributed by atoms with Gasteiger partial charge < -0.3 is 10.6 Å². The second-order valence-corrected chi connectivity index (χ2v) is 5.05. The molecule has 0 aromatic rings. The number of nitrogens with one attached hydrogen (secondary N) is 2. The lowest BCUT2D eigenvalue weighted by atomic mass is 10.2. The van der Waals surface area contributed by atoms with Crippen LogP contribution in [0.4, 0.5) is 0 Å². The van der Waals surface area contributed by atoms with E-state index in [-0.39, 0.29) is 11.9 Å². The molecule has 0 saturated carbocycles. The van der Waals surface area contributed by atoms with Gasteiger partial charge in [-0.15, -0.1) is 0 Å². The van der Waals surface area contributed by atoms with E-state index in [0.29, 0.717) is 5.25 Å². The Kier molecular flexibility index (Phi) is 5.33. The van der Waals surface area contributed by atoms with Crippen molar-refractivity contribution in [2.75, 3.05) is 19.3 Å². The van der Waals surface area contributed by atoms with Crippen LogP contribution in [0.3, 0.4) is 0 Å². The first-order valence-corrected chi connectivity index (χ1v) is 6.56. The van der Waals surface area contributed by atoms with Gasteiger partial charge in [0.05, 0.1) is 6.04 Å². The van der Waals surface area contributed by atoms with Gasteiger partial charge in [-0.3, -0.25) is 4.79 Å². The van der Waals surface area contributed by atoms with Gasteiger partial charge in [0.15, 0.2) is 0 Å². The van der Waals surface area contributed by atoms with E-state index in [1.165, 1.54) is 0 Å². The topological polar surface area (TPSA) is 41.1 Å². The molecule has 1 heterocycles. The summed E-state index contributed by atoms with van der Waals surface area (Å²) in [5.74, 6) is 0.177. The summed E-state index contributed by atoms with van der Waals surface area (Å²) in [6, 6.07) is 0.0691. The normalized spacial score (nSPS) is 23.4. The van der Waals surface area contributed by atoms with Crippen LogP contribution < -0.4 is 10.6 Å². The summed E-state index contributed by atoms with van der Waals surface area (Å²) in [4.78, 5) is 11.5. The Bertz CT molecular complexity index is 181. The molecule has 1 rings (SSSR count). The third-order valence-electron chi connectivity index (χ3n) is 2.63. The summed E-state index contributed by atoms with van der Waals surface area (Å²) in [7, 11) is 0. The highest BCUT2D eigenvalue weighted by Gasteiger charge is 2.21. The second-order valence-electron chi connectivity index (χ2n) is 3.77. The number of carbonyl (C=O) groups excluding carboxylic acids is 1. The van der Waals surface area contributed by atoms with Crippen molar-refractivity contribution in [3.05, 3.63) is 0 Å². The molecule has 2 atom stereocenters. The van der Waals surface area contributed by atoms with E-state index in [1.54, 1.807) is 0 Å². The molecule has 4 heteroatoms. The summed E-state index contributed by atoms with van der Waals surface area (Å²) in [5.41, 5.74) is 0. The highest BCUT2D eigenvalue weighted by Crippen LogP contribution is 2.08. The minimum Gasteiger partial charge on any atom is -0.355 e. The van der Waals surface area contributed by atoms with E-state index in [9.17, 15) is 4.79 Å². The molecule has 3 nitrogen and oxygen atoms in total. The minimum atomic E-state index is 0.0691. The lowest BCUT2D eigenvalue weighted by Gasteiger charge is -2.12. The largest absolute Gasteiger partial charge is 0.355 e.